The van der Waals surface area contributed by atoms with Gasteiger partial charge in [0.1, 0.15) is 11.8 Å². The fourth-order valence-electron chi connectivity index (χ4n) is 3.33. The van der Waals surface area contributed by atoms with Gasteiger partial charge in [-0.3, -0.25) is 0 Å². The molecule has 2 aromatic carbocycles. The lowest BCUT2D eigenvalue weighted by atomic mass is 9.93. The van der Waals surface area contributed by atoms with Gasteiger partial charge < -0.3 is 14.9 Å². The second kappa shape index (κ2) is 9.57. The molecule has 1 aliphatic heterocycles. The van der Waals surface area contributed by atoms with Crippen LogP contribution in [0.4, 0.5) is 18.0 Å². The van der Waals surface area contributed by atoms with Crippen LogP contribution in [0.3, 0.4) is 0 Å². The van der Waals surface area contributed by atoms with Gasteiger partial charge in [0.05, 0.1) is 23.9 Å². The number of carboxylic acids is 1. The first-order chi connectivity index (χ1) is 15.5. The molecule has 3 rings (SSSR count). The van der Waals surface area contributed by atoms with E-state index in [4.69, 9.17) is 4.74 Å². The van der Waals surface area contributed by atoms with E-state index >= 15 is 0 Å². The Balaban J connectivity index is 2.03. The van der Waals surface area contributed by atoms with Crippen LogP contribution in [-0.2, 0) is 16.7 Å². The SMILES string of the molecule is COc1ccc(CSC2=NC(C)=C(C(=O)O)C(c3cccc(C(F)(F)F)c3)N2C(=O)O)cc1. The minimum Gasteiger partial charge on any atom is -0.497 e. The van der Waals surface area contributed by atoms with E-state index < -0.39 is 35.4 Å². The average Bonchev–Trinajstić information content (AvgIpc) is 2.76. The number of amides is 1. The minimum absolute atomic E-state index is 0.0136. The van der Waals surface area contributed by atoms with Gasteiger partial charge in [0, 0.05) is 5.75 Å². The van der Waals surface area contributed by atoms with Gasteiger partial charge in [0.25, 0.3) is 0 Å². The summed E-state index contributed by atoms with van der Waals surface area (Å²) < 4.78 is 44.9. The number of hydrogen-bond acceptors (Lipinski definition) is 5. The van der Waals surface area contributed by atoms with Crippen molar-refractivity contribution in [2.24, 2.45) is 4.99 Å². The van der Waals surface area contributed by atoms with E-state index in [0.29, 0.717) is 10.6 Å². The molecule has 174 valence electrons. The van der Waals surface area contributed by atoms with Crippen molar-refractivity contribution in [3.05, 3.63) is 76.5 Å². The van der Waals surface area contributed by atoms with E-state index in [0.717, 1.165) is 35.5 Å². The Morgan fingerprint density at radius 2 is 1.82 bits per heavy atom. The number of aliphatic imine (C=N–C) groups is 1. The van der Waals surface area contributed by atoms with Crippen LogP contribution in [0.5, 0.6) is 5.75 Å². The number of carboxylic acid groups (broad SMARTS) is 2. The summed E-state index contributed by atoms with van der Waals surface area (Å²) in [4.78, 5) is 29.0. The van der Waals surface area contributed by atoms with Crippen molar-refractivity contribution in [3.8, 4) is 5.75 Å². The molecule has 33 heavy (non-hydrogen) atoms. The van der Waals surface area contributed by atoms with Crippen molar-refractivity contribution in [2.45, 2.75) is 24.9 Å². The number of carbonyl (C=O) groups is 2. The summed E-state index contributed by atoms with van der Waals surface area (Å²) in [6.07, 6.45) is -6.22. The summed E-state index contributed by atoms with van der Waals surface area (Å²) in [5, 5.41) is 19.6. The Morgan fingerprint density at radius 3 is 2.36 bits per heavy atom. The largest absolute Gasteiger partial charge is 0.497 e. The third-order valence-corrected chi connectivity index (χ3v) is 5.91. The molecular weight excluding hydrogens is 461 g/mol. The molecule has 0 spiro atoms. The van der Waals surface area contributed by atoms with Gasteiger partial charge in [-0.15, -0.1) is 0 Å². The third kappa shape index (κ3) is 5.30. The molecule has 1 amide bonds. The molecule has 0 fully saturated rings. The van der Waals surface area contributed by atoms with Crippen LogP contribution in [0, 0.1) is 0 Å². The summed E-state index contributed by atoms with van der Waals surface area (Å²) in [5.41, 5.74) is -0.718. The molecule has 1 atom stereocenters. The van der Waals surface area contributed by atoms with E-state index in [-0.39, 0.29) is 22.2 Å². The van der Waals surface area contributed by atoms with Crippen molar-refractivity contribution in [3.63, 3.8) is 0 Å². The first-order valence-electron chi connectivity index (χ1n) is 9.50. The van der Waals surface area contributed by atoms with Crippen molar-refractivity contribution in [1.82, 2.24) is 4.90 Å². The molecule has 0 saturated carbocycles. The Kier molecular flexibility index (Phi) is 7.01. The number of nitrogens with zero attached hydrogens (tertiary/aromatic N) is 2. The monoisotopic (exact) mass is 480 g/mol. The molecule has 0 aromatic heterocycles. The lowest BCUT2D eigenvalue weighted by molar-refractivity contribution is -0.137. The Bertz CT molecular complexity index is 1130. The van der Waals surface area contributed by atoms with Crippen molar-refractivity contribution < 1.29 is 37.7 Å². The van der Waals surface area contributed by atoms with Crippen molar-refractivity contribution in [1.29, 1.82) is 0 Å². The maximum atomic E-state index is 13.3. The van der Waals surface area contributed by atoms with Gasteiger partial charge in [-0.25, -0.2) is 19.5 Å². The van der Waals surface area contributed by atoms with E-state index in [1.165, 1.54) is 20.1 Å². The molecular formula is C22H19F3N2O5S. The van der Waals surface area contributed by atoms with Crippen LogP contribution >= 0.6 is 11.8 Å². The van der Waals surface area contributed by atoms with Gasteiger partial charge in [0.2, 0.25) is 0 Å². The van der Waals surface area contributed by atoms with Gasteiger partial charge in [-0.05, 0) is 42.3 Å². The fourth-order valence-corrected chi connectivity index (χ4v) is 4.34. The number of hydrogen-bond donors (Lipinski definition) is 2. The highest BCUT2D eigenvalue weighted by Crippen LogP contribution is 2.40. The third-order valence-electron chi connectivity index (χ3n) is 4.88. The zero-order valence-corrected chi connectivity index (χ0v) is 18.3. The van der Waals surface area contributed by atoms with Crippen molar-refractivity contribution >= 4 is 29.0 Å². The molecule has 1 aliphatic rings. The maximum absolute atomic E-state index is 13.3. The average molecular weight is 480 g/mol. The zero-order valence-electron chi connectivity index (χ0n) is 17.5. The van der Waals surface area contributed by atoms with Gasteiger partial charge in [-0.2, -0.15) is 13.2 Å². The van der Waals surface area contributed by atoms with Crippen LogP contribution in [0.1, 0.15) is 29.7 Å². The molecule has 1 unspecified atom stereocenters. The van der Waals surface area contributed by atoms with Crippen LogP contribution in [-0.4, -0.2) is 39.5 Å². The van der Waals surface area contributed by atoms with Crippen LogP contribution in [0.25, 0.3) is 0 Å². The predicted molar refractivity (Wildman–Crippen MR) is 116 cm³/mol. The number of ether oxygens (including phenoxy) is 1. The number of methoxy groups -OCH3 is 1. The first-order valence-corrected chi connectivity index (χ1v) is 10.5. The summed E-state index contributed by atoms with van der Waals surface area (Å²) in [5.74, 6) is -0.540. The highest BCUT2D eigenvalue weighted by atomic mass is 32.2. The van der Waals surface area contributed by atoms with E-state index in [2.05, 4.69) is 4.99 Å². The molecule has 2 N–H and O–H groups in total. The van der Waals surface area contributed by atoms with Gasteiger partial charge in [-0.1, -0.05) is 36.0 Å². The Labute approximate surface area is 191 Å². The minimum atomic E-state index is -4.68. The molecule has 7 nitrogen and oxygen atoms in total. The smallest absolute Gasteiger partial charge is 0.416 e. The predicted octanol–water partition coefficient (Wildman–Crippen LogP) is 5.40. The van der Waals surface area contributed by atoms with Crippen molar-refractivity contribution in [2.75, 3.05) is 7.11 Å². The van der Waals surface area contributed by atoms with Crippen LogP contribution in [0.15, 0.2) is 64.8 Å². The second-order valence-corrected chi connectivity index (χ2v) is 7.96. The van der Waals surface area contributed by atoms with Crippen LogP contribution < -0.4 is 4.74 Å². The fraction of sp³-hybridized carbons (Fsp3) is 0.227. The number of aliphatic carboxylic acids is 1. The lowest BCUT2D eigenvalue weighted by Crippen LogP contribution is -2.42. The van der Waals surface area contributed by atoms with E-state index in [1.54, 1.807) is 24.3 Å². The summed E-state index contributed by atoms with van der Waals surface area (Å²) in [6.45, 7) is 1.39. The highest BCUT2D eigenvalue weighted by Gasteiger charge is 2.41. The number of thioether (sulfide) groups is 1. The standard InChI is InChI=1S/C22H19F3N2O5S/c1-12-17(19(28)29)18(14-4-3-5-15(10-14)22(23,24)25)27(21(30)31)20(26-12)33-11-13-6-8-16(32-2)9-7-13/h3-10,18H,11H2,1-2H3,(H,28,29)(H,30,31). The second-order valence-electron chi connectivity index (χ2n) is 7.01. The molecule has 0 bridgehead atoms. The first kappa shape index (κ1) is 24.2. The van der Waals surface area contributed by atoms with E-state index in [1.807, 2.05) is 0 Å². The number of allylic oxidation sites excluding steroid dienone is 1. The number of benzene rings is 2. The normalized spacial score (nSPS) is 16.5. The molecule has 11 heteroatoms. The summed E-state index contributed by atoms with van der Waals surface area (Å²) in [7, 11) is 1.52. The number of halogens is 3. The molecule has 2 aromatic rings. The summed E-state index contributed by atoms with van der Waals surface area (Å²) >= 11 is 1.03. The molecule has 0 radical (unpaired) electrons. The molecule has 0 saturated heterocycles. The quantitative estimate of drug-likeness (QED) is 0.595. The Morgan fingerprint density at radius 1 is 1.15 bits per heavy atom. The summed E-state index contributed by atoms with van der Waals surface area (Å²) in [6, 6.07) is 9.48. The Hall–Kier alpha value is -3.47. The number of alkyl halides is 3. The van der Waals surface area contributed by atoms with Crippen LogP contribution in [0.2, 0.25) is 0 Å². The van der Waals surface area contributed by atoms with Gasteiger partial charge in [0.15, 0.2) is 5.17 Å². The maximum Gasteiger partial charge on any atom is 0.416 e. The lowest BCUT2D eigenvalue weighted by Gasteiger charge is -2.34. The molecule has 1 heterocycles. The number of amidine groups is 1. The van der Waals surface area contributed by atoms with E-state index in [9.17, 15) is 33.0 Å². The van der Waals surface area contributed by atoms with Gasteiger partial charge >= 0.3 is 18.2 Å². The topological polar surface area (TPSA) is 99.4 Å². The number of rotatable bonds is 5. The zero-order chi connectivity index (χ0) is 24.3. The molecule has 0 aliphatic carbocycles. The highest BCUT2D eigenvalue weighted by molar-refractivity contribution is 8.13.